The van der Waals surface area contributed by atoms with Gasteiger partial charge >= 0.3 is 0 Å². The van der Waals surface area contributed by atoms with E-state index in [9.17, 15) is 17.6 Å². The highest BCUT2D eigenvalue weighted by molar-refractivity contribution is 7.92. The van der Waals surface area contributed by atoms with Crippen molar-refractivity contribution in [1.29, 1.82) is 0 Å². The molecule has 3 aromatic rings. The molecule has 0 aromatic heterocycles. The molecule has 0 heterocycles. The van der Waals surface area contributed by atoms with Gasteiger partial charge in [-0.3, -0.25) is 9.10 Å². The predicted octanol–water partition coefficient (Wildman–Crippen LogP) is 4.68. The topological polar surface area (TPSA) is 75.7 Å². The molecule has 0 saturated heterocycles. The van der Waals surface area contributed by atoms with Crippen LogP contribution in [-0.4, -0.2) is 27.5 Å². The van der Waals surface area contributed by atoms with Crippen LogP contribution < -0.4 is 14.4 Å². The number of aryl methyl sites for hydroxylation is 1. The highest BCUT2D eigenvalue weighted by Crippen LogP contribution is 2.26. The minimum atomic E-state index is -4.14. The van der Waals surface area contributed by atoms with Crippen LogP contribution in [0.4, 0.5) is 15.8 Å². The van der Waals surface area contributed by atoms with Gasteiger partial charge in [-0.1, -0.05) is 12.1 Å². The first-order valence-electron chi connectivity index (χ1n) is 10.1. The van der Waals surface area contributed by atoms with Gasteiger partial charge in [0.05, 0.1) is 17.2 Å². The number of sulfonamides is 1. The Hall–Kier alpha value is -3.39. The molecule has 0 radical (unpaired) electrons. The van der Waals surface area contributed by atoms with Crippen molar-refractivity contribution in [2.24, 2.45) is 0 Å². The maximum Gasteiger partial charge on any atom is 0.264 e. The Balaban J connectivity index is 1.95. The van der Waals surface area contributed by atoms with E-state index in [4.69, 9.17) is 4.74 Å². The summed E-state index contributed by atoms with van der Waals surface area (Å²) in [5.41, 5.74) is 2.80. The summed E-state index contributed by atoms with van der Waals surface area (Å²) in [6.45, 7) is 5.66. The third-order valence-electron chi connectivity index (χ3n) is 5.00. The molecule has 0 saturated carbocycles. The summed E-state index contributed by atoms with van der Waals surface area (Å²) in [5, 5.41) is 2.79. The number of rotatable bonds is 8. The van der Waals surface area contributed by atoms with Crippen LogP contribution >= 0.6 is 0 Å². The number of carbonyl (C=O) groups excluding carboxylic acids is 1. The summed E-state index contributed by atoms with van der Waals surface area (Å²) in [5.74, 6) is -0.474. The van der Waals surface area contributed by atoms with Crippen molar-refractivity contribution in [3.05, 3.63) is 83.7 Å². The number of anilines is 2. The van der Waals surface area contributed by atoms with Crippen molar-refractivity contribution in [2.45, 2.75) is 25.7 Å². The second-order valence-corrected chi connectivity index (χ2v) is 9.05. The van der Waals surface area contributed by atoms with E-state index in [1.54, 1.807) is 30.3 Å². The third kappa shape index (κ3) is 5.26. The molecule has 0 aliphatic rings. The van der Waals surface area contributed by atoms with Gasteiger partial charge in [0.2, 0.25) is 5.91 Å². The average molecular weight is 457 g/mol. The van der Waals surface area contributed by atoms with E-state index in [2.05, 4.69) is 5.32 Å². The van der Waals surface area contributed by atoms with Crippen LogP contribution in [0.1, 0.15) is 18.1 Å². The fourth-order valence-electron chi connectivity index (χ4n) is 3.13. The molecule has 1 N–H and O–H groups in total. The van der Waals surface area contributed by atoms with Gasteiger partial charge < -0.3 is 10.1 Å². The van der Waals surface area contributed by atoms with Crippen LogP contribution in [-0.2, 0) is 14.8 Å². The SMILES string of the molecule is CCOc1ccc(N(CC(=O)Nc2cccc(C)c2C)S(=O)(=O)c2ccc(F)cc2)cc1. The monoisotopic (exact) mass is 456 g/mol. The zero-order valence-corrected chi connectivity index (χ0v) is 18.9. The fraction of sp³-hybridized carbons (Fsp3) is 0.208. The number of hydrogen-bond acceptors (Lipinski definition) is 4. The van der Waals surface area contributed by atoms with Gasteiger partial charge in [0, 0.05) is 5.69 Å². The van der Waals surface area contributed by atoms with Crippen LogP contribution in [0.15, 0.2) is 71.6 Å². The highest BCUT2D eigenvalue weighted by Gasteiger charge is 2.27. The molecule has 0 spiro atoms. The van der Waals surface area contributed by atoms with E-state index in [0.29, 0.717) is 18.0 Å². The van der Waals surface area contributed by atoms with Gasteiger partial charge in [-0.15, -0.1) is 0 Å². The van der Waals surface area contributed by atoms with Gasteiger partial charge in [-0.2, -0.15) is 0 Å². The summed E-state index contributed by atoms with van der Waals surface area (Å²) in [7, 11) is -4.14. The second-order valence-electron chi connectivity index (χ2n) is 7.19. The highest BCUT2D eigenvalue weighted by atomic mass is 32.2. The van der Waals surface area contributed by atoms with E-state index >= 15 is 0 Å². The van der Waals surface area contributed by atoms with Gasteiger partial charge in [0.15, 0.2) is 0 Å². The maximum absolute atomic E-state index is 13.4. The molecule has 8 heteroatoms. The molecule has 0 atom stereocenters. The number of benzene rings is 3. The van der Waals surface area contributed by atoms with Crippen molar-refractivity contribution in [2.75, 3.05) is 22.8 Å². The molecule has 0 aliphatic carbocycles. The molecule has 168 valence electrons. The minimum Gasteiger partial charge on any atom is -0.494 e. The summed E-state index contributed by atoms with van der Waals surface area (Å²) < 4.78 is 46.5. The van der Waals surface area contributed by atoms with E-state index < -0.39 is 28.3 Å². The Morgan fingerprint density at radius 1 is 1.00 bits per heavy atom. The van der Waals surface area contributed by atoms with Gasteiger partial charge in [-0.25, -0.2) is 12.8 Å². The van der Waals surface area contributed by atoms with Crippen molar-refractivity contribution in [3.63, 3.8) is 0 Å². The van der Waals surface area contributed by atoms with Gasteiger partial charge in [0.25, 0.3) is 10.0 Å². The van der Waals surface area contributed by atoms with Crippen molar-refractivity contribution in [3.8, 4) is 5.75 Å². The number of ether oxygens (including phenoxy) is 1. The number of halogens is 1. The summed E-state index contributed by atoms with van der Waals surface area (Å²) in [4.78, 5) is 12.7. The normalized spacial score (nSPS) is 11.1. The molecule has 0 aliphatic heterocycles. The molecule has 0 unspecified atom stereocenters. The van der Waals surface area contributed by atoms with E-state index in [1.807, 2.05) is 32.9 Å². The zero-order valence-electron chi connectivity index (χ0n) is 18.1. The Kier molecular flexibility index (Phi) is 7.15. The van der Waals surface area contributed by atoms with Crippen LogP contribution in [0.25, 0.3) is 0 Å². The number of hydrogen-bond donors (Lipinski definition) is 1. The standard InChI is InChI=1S/C24H25FN2O4S/c1-4-31-21-12-10-20(11-13-21)27(32(29,30)22-14-8-19(25)9-15-22)16-24(28)26-23-7-5-6-17(2)18(23)3/h5-15H,4,16H2,1-3H3,(H,26,28). The Bertz CT molecular complexity index is 1190. The lowest BCUT2D eigenvalue weighted by molar-refractivity contribution is -0.114. The lowest BCUT2D eigenvalue weighted by atomic mass is 10.1. The smallest absolute Gasteiger partial charge is 0.264 e. The Labute approximate surface area is 187 Å². The van der Waals surface area contributed by atoms with Crippen molar-refractivity contribution in [1.82, 2.24) is 0 Å². The summed E-state index contributed by atoms with van der Waals surface area (Å²) in [6.07, 6.45) is 0. The molecular weight excluding hydrogens is 431 g/mol. The lowest BCUT2D eigenvalue weighted by Crippen LogP contribution is -2.38. The zero-order chi connectivity index (χ0) is 23.3. The largest absolute Gasteiger partial charge is 0.494 e. The molecule has 6 nitrogen and oxygen atoms in total. The average Bonchev–Trinajstić information content (AvgIpc) is 2.76. The lowest BCUT2D eigenvalue weighted by Gasteiger charge is -2.24. The number of nitrogens with one attached hydrogen (secondary N) is 1. The maximum atomic E-state index is 13.4. The van der Waals surface area contributed by atoms with Gasteiger partial charge in [0.1, 0.15) is 18.1 Å². The first-order chi connectivity index (χ1) is 15.2. The first-order valence-corrected chi connectivity index (χ1v) is 11.5. The molecule has 32 heavy (non-hydrogen) atoms. The van der Waals surface area contributed by atoms with Gasteiger partial charge in [-0.05, 0) is 86.5 Å². The van der Waals surface area contributed by atoms with E-state index in [0.717, 1.165) is 27.6 Å². The van der Waals surface area contributed by atoms with Crippen LogP contribution in [0.3, 0.4) is 0 Å². The van der Waals surface area contributed by atoms with Crippen LogP contribution in [0, 0.1) is 19.7 Å². The quantitative estimate of drug-likeness (QED) is 0.534. The third-order valence-corrected chi connectivity index (χ3v) is 6.79. The van der Waals surface area contributed by atoms with Crippen molar-refractivity contribution < 1.29 is 22.3 Å². The van der Waals surface area contributed by atoms with E-state index in [-0.39, 0.29) is 10.6 Å². The predicted molar refractivity (Wildman–Crippen MR) is 123 cm³/mol. The molecule has 1 amide bonds. The number of amides is 1. The molecule has 3 aromatic carbocycles. The Morgan fingerprint density at radius 2 is 1.66 bits per heavy atom. The summed E-state index contributed by atoms with van der Waals surface area (Å²) in [6, 6.07) is 16.4. The molecule has 3 rings (SSSR count). The minimum absolute atomic E-state index is 0.118. The number of nitrogens with zero attached hydrogens (tertiary/aromatic N) is 1. The second kappa shape index (κ2) is 9.82. The van der Waals surface area contributed by atoms with E-state index in [1.165, 1.54) is 12.1 Å². The molecule has 0 fully saturated rings. The molecule has 0 bridgehead atoms. The number of carbonyl (C=O) groups is 1. The Morgan fingerprint density at radius 3 is 2.28 bits per heavy atom. The van der Waals surface area contributed by atoms with Crippen LogP contribution in [0.5, 0.6) is 5.75 Å². The molecular formula is C24H25FN2O4S. The van der Waals surface area contributed by atoms with Crippen molar-refractivity contribution >= 4 is 27.3 Å². The van der Waals surface area contributed by atoms with Crippen LogP contribution in [0.2, 0.25) is 0 Å². The fourth-order valence-corrected chi connectivity index (χ4v) is 4.55. The summed E-state index contributed by atoms with van der Waals surface area (Å²) >= 11 is 0. The first kappa shape index (κ1) is 23.3.